The predicted octanol–water partition coefficient (Wildman–Crippen LogP) is 4.40. The van der Waals surface area contributed by atoms with Gasteiger partial charge in [-0.05, 0) is 59.3 Å². The standard InChI is InChI=1S/C34H23N5S/c35-20-21-14-16-23(17-15-21)33-36-32(22-8-2-1-3-9-22)37-34(38-33)39-28-12-6-4-10-24(28)26-19-31-27(18-29(26)39)25-11-5-7-13-30(25)40-31/h1-19,26,29,33H,(H,36,37,38)/p+1. The van der Waals surface area contributed by atoms with E-state index in [0.29, 0.717) is 11.5 Å². The monoisotopic (exact) mass is 534 g/mol. The van der Waals surface area contributed by atoms with E-state index in [1.807, 2.05) is 53.8 Å². The average Bonchev–Trinajstić information content (AvgIpc) is 3.55. The third kappa shape index (κ3) is 3.64. The summed E-state index contributed by atoms with van der Waals surface area (Å²) in [6.45, 7) is 0. The van der Waals surface area contributed by atoms with Crippen molar-refractivity contribution in [1.82, 2.24) is 0 Å². The molecule has 6 heteroatoms. The molecule has 3 aliphatic rings. The van der Waals surface area contributed by atoms with Crippen molar-refractivity contribution in [2.24, 2.45) is 9.98 Å². The summed E-state index contributed by atoms with van der Waals surface area (Å²) in [4.78, 5) is 12.8. The number of nitrogens with zero attached hydrogens (tertiary/aromatic N) is 4. The lowest BCUT2D eigenvalue weighted by Gasteiger charge is -2.30. The van der Waals surface area contributed by atoms with Crippen molar-refractivity contribution >= 4 is 51.1 Å². The topological polar surface area (TPSA) is 68.4 Å². The first-order valence-electron chi connectivity index (χ1n) is 13.4. The van der Waals surface area contributed by atoms with E-state index in [1.54, 1.807) is 0 Å². The zero-order chi connectivity index (χ0) is 26.6. The van der Waals surface area contributed by atoms with E-state index in [0.717, 1.165) is 22.6 Å². The highest BCUT2D eigenvalue weighted by atomic mass is 32.1. The van der Waals surface area contributed by atoms with Crippen LogP contribution in [0.15, 0.2) is 113 Å². The van der Waals surface area contributed by atoms with Crippen molar-refractivity contribution in [1.29, 1.82) is 5.26 Å². The van der Waals surface area contributed by atoms with Crippen LogP contribution in [0.3, 0.4) is 0 Å². The number of hydrogen-bond acceptors (Lipinski definition) is 5. The third-order valence-electron chi connectivity index (χ3n) is 8.01. The number of guanidine groups is 1. The number of nitrogens with two attached hydrogens (primary N) is 1. The Morgan fingerprint density at radius 1 is 0.825 bits per heavy atom. The zero-order valence-electron chi connectivity index (χ0n) is 21.5. The maximum absolute atomic E-state index is 9.32. The van der Waals surface area contributed by atoms with Crippen LogP contribution in [0.5, 0.6) is 0 Å². The highest BCUT2D eigenvalue weighted by molar-refractivity contribution is 7.17. The molecule has 5 aromatic rings. The minimum atomic E-state index is -0.216. The molecule has 40 heavy (non-hydrogen) atoms. The summed E-state index contributed by atoms with van der Waals surface area (Å²) in [7, 11) is 0. The summed E-state index contributed by atoms with van der Waals surface area (Å²) >= 11 is 1.87. The van der Waals surface area contributed by atoms with Crippen molar-refractivity contribution in [3.05, 3.63) is 135 Å². The van der Waals surface area contributed by atoms with Crippen molar-refractivity contribution < 1.29 is 5.32 Å². The lowest BCUT2D eigenvalue weighted by atomic mass is 9.91. The van der Waals surface area contributed by atoms with Gasteiger partial charge in [0.05, 0.1) is 23.2 Å². The van der Waals surface area contributed by atoms with Gasteiger partial charge < -0.3 is 4.90 Å². The van der Waals surface area contributed by atoms with Gasteiger partial charge in [-0.15, -0.1) is 11.3 Å². The third-order valence-corrected chi connectivity index (χ3v) is 9.16. The van der Waals surface area contributed by atoms with E-state index in [-0.39, 0.29) is 18.1 Å². The predicted molar refractivity (Wildman–Crippen MR) is 162 cm³/mol. The van der Waals surface area contributed by atoms with Gasteiger partial charge in [-0.2, -0.15) is 15.2 Å². The van der Waals surface area contributed by atoms with Gasteiger partial charge in [-0.1, -0.05) is 66.7 Å². The first-order valence-corrected chi connectivity index (χ1v) is 14.2. The Labute approximate surface area is 235 Å². The fourth-order valence-corrected chi connectivity index (χ4v) is 7.29. The lowest BCUT2D eigenvalue weighted by molar-refractivity contribution is -0.586. The molecule has 8 rings (SSSR count). The molecule has 1 aromatic heterocycles. The molecule has 0 amide bonds. The maximum atomic E-state index is 9.32. The molecule has 3 heterocycles. The zero-order valence-corrected chi connectivity index (χ0v) is 22.3. The number of anilines is 1. The molecule has 0 spiro atoms. The van der Waals surface area contributed by atoms with E-state index in [4.69, 9.17) is 9.98 Å². The van der Waals surface area contributed by atoms with Gasteiger partial charge in [0.25, 0.3) is 0 Å². The molecule has 0 fully saturated rings. The molecule has 3 unspecified atom stereocenters. The Balaban J connectivity index is 1.32. The van der Waals surface area contributed by atoms with Crippen LogP contribution in [0.25, 0.3) is 22.2 Å². The largest absolute Gasteiger partial charge is 0.302 e. The normalized spacial score (nSPS) is 20.8. The van der Waals surface area contributed by atoms with E-state index >= 15 is 0 Å². The summed E-state index contributed by atoms with van der Waals surface area (Å²) in [5.41, 5.74) is 5.19. The van der Waals surface area contributed by atoms with Crippen LogP contribution in [-0.2, 0) is 0 Å². The molecule has 2 aliphatic heterocycles. The summed E-state index contributed by atoms with van der Waals surface area (Å²) in [6, 6.07) is 37.6. The van der Waals surface area contributed by atoms with E-state index in [2.05, 4.69) is 89.1 Å². The smallest absolute Gasteiger partial charge is 0.236 e. The van der Waals surface area contributed by atoms with Crippen molar-refractivity contribution in [2.45, 2.75) is 18.1 Å². The first kappa shape index (κ1) is 23.1. The first-order chi connectivity index (χ1) is 19.8. The van der Waals surface area contributed by atoms with Gasteiger partial charge in [0.15, 0.2) is 0 Å². The molecular weight excluding hydrogens is 510 g/mol. The quantitative estimate of drug-likeness (QED) is 0.365. The molecule has 2 N–H and O–H groups in total. The van der Waals surface area contributed by atoms with E-state index < -0.39 is 0 Å². The van der Waals surface area contributed by atoms with Crippen LogP contribution in [0.1, 0.15) is 34.3 Å². The number of fused-ring (bicyclic) bond motifs is 6. The Morgan fingerprint density at radius 3 is 2.45 bits per heavy atom. The second kappa shape index (κ2) is 9.13. The second-order valence-corrected chi connectivity index (χ2v) is 11.4. The molecule has 3 atom stereocenters. The summed E-state index contributed by atoms with van der Waals surface area (Å²) in [5, 5.41) is 14.1. The number of hydrogen-bond donors (Lipinski definition) is 1. The number of quaternary nitrogens is 1. The van der Waals surface area contributed by atoms with Gasteiger partial charge in [-0.25, -0.2) is 0 Å². The molecule has 0 saturated heterocycles. The maximum Gasteiger partial charge on any atom is 0.236 e. The van der Waals surface area contributed by atoms with Gasteiger partial charge in [0.2, 0.25) is 18.0 Å². The van der Waals surface area contributed by atoms with Crippen molar-refractivity contribution in [3.8, 4) is 6.07 Å². The Morgan fingerprint density at radius 2 is 1.60 bits per heavy atom. The summed E-state index contributed by atoms with van der Waals surface area (Å²) < 4.78 is 2.65. The van der Waals surface area contributed by atoms with E-state index in [1.165, 1.54) is 25.4 Å². The van der Waals surface area contributed by atoms with Crippen LogP contribution < -0.4 is 20.0 Å². The molecule has 0 radical (unpaired) electrons. The van der Waals surface area contributed by atoms with E-state index in [9.17, 15) is 5.26 Å². The fourth-order valence-electron chi connectivity index (χ4n) is 6.11. The van der Waals surface area contributed by atoms with Crippen LogP contribution in [0.2, 0.25) is 0 Å². The van der Waals surface area contributed by atoms with Crippen LogP contribution in [0.4, 0.5) is 5.69 Å². The minimum Gasteiger partial charge on any atom is -0.302 e. The Hall–Kier alpha value is -4.83. The van der Waals surface area contributed by atoms with Gasteiger partial charge >= 0.3 is 0 Å². The minimum absolute atomic E-state index is 0.0714. The molecule has 0 saturated carbocycles. The van der Waals surface area contributed by atoms with Gasteiger partial charge in [0.1, 0.15) is 0 Å². The lowest BCUT2D eigenvalue weighted by Crippen LogP contribution is -2.90. The number of amidine groups is 1. The fraction of sp³-hybridized carbons (Fsp3) is 0.0882. The van der Waals surface area contributed by atoms with Crippen LogP contribution in [0, 0.1) is 11.3 Å². The van der Waals surface area contributed by atoms with Crippen LogP contribution >= 0.6 is 11.3 Å². The Kier molecular flexibility index (Phi) is 5.27. The number of nitriles is 1. The second-order valence-electron chi connectivity index (χ2n) is 10.3. The van der Waals surface area contributed by atoms with Crippen LogP contribution in [-0.4, -0.2) is 17.8 Å². The molecule has 190 valence electrons. The average molecular weight is 535 g/mol. The number of para-hydroxylation sites is 1. The highest BCUT2D eigenvalue weighted by Gasteiger charge is 2.41. The number of thiophene rings is 1. The molecule has 4 aromatic carbocycles. The molecular formula is C34H24N5S+. The number of rotatable bonds is 2. The number of aliphatic imine (C=N–C) groups is 2. The number of benzene rings is 4. The SMILES string of the molecule is N#Cc1ccc(C2N=C(N3c4ccccc4C4C=c5sc6ccccc6c5=CC43)N=C(c3ccccc3)[NH2+]2)cc1. The molecule has 1 aliphatic carbocycles. The summed E-state index contributed by atoms with van der Waals surface area (Å²) in [5.74, 6) is 1.83. The highest BCUT2D eigenvalue weighted by Crippen LogP contribution is 2.44. The van der Waals surface area contributed by atoms with Crippen molar-refractivity contribution in [2.75, 3.05) is 4.90 Å². The van der Waals surface area contributed by atoms with Gasteiger partial charge in [0, 0.05) is 31.8 Å². The summed E-state index contributed by atoms with van der Waals surface area (Å²) in [6.07, 6.45) is 4.65. The Bertz CT molecular complexity index is 2020. The van der Waals surface area contributed by atoms with Crippen molar-refractivity contribution in [3.63, 3.8) is 0 Å². The molecule has 0 bridgehead atoms. The molecule has 5 nitrogen and oxygen atoms in total. The van der Waals surface area contributed by atoms with Gasteiger partial charge in [-0.3, -0.25) is 5.32 Å².